The summed E-state index contributed by atoms with van der Waals surface area (Å²) < 4.78 is 25.5. The number of halogens is 2. The molecule has 8 heteroatoms. The van der Waals surface area contributed by atoms with E-state index in [-0.39, 0.29) is 29.8 Å². The van der Waals surface area contributed by atoms with E-state index in [9.17, 15) is 4.39 Å². The number of likely N-dealkylation sites (tertiary alicyclic amines) is 1. The molecule has 0 bridgehead atoms. The van der Waals surface area contributed by atoms with Crippen molar-refractivity contribution >= 4 is 35.6 Å². The SMILES string of the molecule is CCN(CC)c1ccc(CNC(=NC)N2CCC(OCCCOC)CC2)cc1F.I. The fraction of sp³-hybridized carbons (Fsp3) is 0.682. The summed E-state index contributed by atoms with van der Waals surface area (Å²) in [4.78, 5) is 8.67. The first kappa shape index (κ1) is 26.9. The van der Waals surface area contributed by atoms with Crippen LogP contribution in [-0.4, -0.2) is 70.5 Å². The van der Waals surface area contributed by atoms with E-state index in [1.165, 1.54) is 0 Å². The molecule has 1 aromatic rings. The lowest BCUT2D eigenvalue weighted by Gasteiger charge is -2.34. The number of benzene rings is 1. The monoisotopic (exact) mass is 536 g/mol. The number of nitrogens with one attached hydrogen (secondary N) is 1. The number of aliphatic imine (C=N–C) groups is 1. The highest BCUT2D eigenvalue weighted by molar-refractivity contribution is 14.0. The molecule has 172 valence electrons. The molecule has 1 aliphatic rings. The number of guanidine groups is 1. The van der Waals surface area contributed by atoms with E-state index in [0.29, 0.717) is 18.3 Å². The molecule has 6 nitrogen and oxygen atoms in total. The van der Waals surface area contributed by atoms with Gasteiger partial charge in [0.2, 0.25) is 0 Å². The first-order valence-corrected chi connectivity index (χ1v) is 10.7. The van der Waals surface area contributed by atoms with Crippen molar-refractivity contribution in [3.05, 3.63) is 29.6 Å². The molecule has 0 saturated carbocycles. The molecule has 1 heterocycles. The van der Waals surface area contributed by atoms with Crippen LogP contribution < -0.4 is 10.2 Å². The van der Waals surface area contributed by atoms with Gasteiger partial charge in [-0.05, 0) is 50.8 Å². The zero-order valence-corrected chi connectivity index (χ0v) is 21.2. The minimum atomic E-state index is -0.172. The van der Waals surface area contributed by atoms with Crippen molar-refractivity contribution in [3.8, 4) is 0 Å². The van der Waals surface area contributed by atoms with Gasteiger partial charge in [-0.2, -0.15) is 0 Å². The maximum Gasteiger partial charge on any atom is 0.193 e. The fourth-order valence-electron chi connectivity index (χ4n) is 3.68. The Labute approximate surface area is 198 Å². The van der Waals surface area contributed by atoms with Crippen molar-refractivity contribution in [2.75, 3.05) is 58.5 Å². The first-order valence-electron chi connectivity index (χ1n) is 10.7. The third-order valence-electron chi connectivity index (χ3n) is 5.37. The number of hydrogen-bond donors (Lipinski definition) is 1. The van der Waals surface area contributed by atoms with Gasteiger partial charge in [-0.1, -0.05) is 6.07 Å². The predicted octanol–water partition coefficient (Wildman–Crippen LogP) is 3.88. The first-order chi connectivity index (χ1) is 14.1. The highest BCUT2D eigenvalue weighted by Gasteiger charge is 2.21. The topological polar surface area (TPSA) is 49.3 Å². The number of methoxy groups -OCH3 is 1. The fourth-order valence-corrected chi connectivity index (χ4v) is 3.68. The summed E-state index contributed by atoms with van der Waals surface area (Å²) in [7, 11) is 3.50. The third-order valence-corrected chi connectivity index (χ3v) is 5.37. The van der Waals surface area contributed by atoms with Gasteiger partial charge in [0.05, 0.1) is 11.8 Å². The molecule has 0 aliphatic carbocycles. The lowest BCUT2D eigenvalue weighted by atomic mass is 10.1. The standard InChI is InChI=1S/C22H37FN4O2.HI/c1-5-26(6-2)21-9-8-18(16-20(21)23)17-25-22(24-3)27-12-10-19(11-13-27)29-15-7-14-28-4;/h8-9,16,19H,5-7,10-15,17H2,1-4H3,(H,24,25);1H. The van der Waals surface area contributed by atoms with E-state index in [1.807, 2.05) is 30.9 Å². The van der Waals surface area contributed by atoms with Crippen LogP contribution >= 0.6 is 24.0 Å². The predicted molar refractivity (Wildman–Crippen MR) is 133 cm³/mol. The second-order valence-electron chi connectivity index (χ2n) is 7.26. The Balaban J connectivity index is 0.00000450. The van der Waals surface area contributed by atoms with Crippen LogP contribution in [0.3, 0.4) is 0 Å². The number of piperidine rings is 1. The van der Waals surface area contributed by atoms with Gasteiger partial charge < -0.3 is 24.6 Å². The van der Waals surface area contributed by atoms with Crippen LogP contribution in [0, 0.1) is 5.82 Å². The Kier molecular flexibility index (Phi) is 13.3. The molecule has 30 heavy (non-hydrogen) atoms. The number of rotatable bonds is 10. The summed E-state index contributed by atoms with van der Waals surface area (Å²) in [6, 6.07) is 5.47. The molecule has 1 aromatic carbocycles. The molecule has 2 rings (SSSR count). The molecule has 0 spiro atoms. The number of ether oxygens (including phenoxy) is 2. The quantitative estimate of drug-likeness (QED) is 0.213. The third kappa shape index (κ3) is 8.19. The minimum Gasteiger partial charge on any atom is -0.385 e. The van der Waals surface area contributed by atoms with Crippen molar-refractivity contribution in [3.63, 3.8) is 0 Å². The van der Waals surface area contributed by atoms with E-state index >= 15 is 0 Å². The van der Waals surface area contributed by atoms with Gasteiger partial charge in [-0.3, -0.25) is 4.99 Å². The van der Waals surface area contributed by atoms with Gasteiger partial charge in [-0.15, -0.1) is 24.0 Å². The minimum absolute atomic E-state index is 0. The summed E-state index contributed by atoms with van der Waals surface area (Å²) in [5.41, 5.74) is 1.58. The van der Waals surface area contributed by atoms with E-state index in [2.05, 4.69) is 15.2 Å². The molecule has 1 fully saturated rings. The van der Waals surface area contributed by atoms with Crippen LogP contribution in [0.25, 0.3) is 0 Å². The van der Waals surface area contributed by atoms with E-state index in [1.54, 1.807) is 20.2 Å². The normalized spacial score (nSPS) is 15.1. The zero-order chi connectivity index (χ0) is 21.1. The second-order valence-corrected chi connectivity index (χ2v) is 7.26. The molecule has 0 unspecified atom stereocenters. The van der Waals surface area contributed by atoms with Gasteiger partial charge in [0, 0.05) is 60.1 Å². The summed E-state index contributed by atoms with van der Waals surface area (Å²) in [6.45, 7) is 9.52. The molecule has 1 aliphatic heterocycles. The van der Waals surface area contributed by atoms with Crippen LogP contribution in [0.5, 0.6) is 0 Å². The molecular formula is C22H38FIN4O2. The van der Waals surface area contributed by atoms with E-state index < -0.39 is 0 Å². The van der Waals surface area contributed by atoms with Gasteiger partial charge in [0.25, 0.3) is 0 Å². The molecule has 0 radical (unpaired) electrons. The largest absolute Gasteiger partial charge is 0.385 e. The average Bonchev–Trinajstić information content (AvgIpc) is 2.75. The van der Waals surface area contributed by atoms with Crippen molar-refractivity contribution in [1.29, 1.82) is 0 Å². The second kappa shape index (κ2) is 14.8. The summed E-state index contributed by atoms with van der Waals surface area (Å²) in [5.74, 6) is 0.686. The molecule has 1 N–H and O–H groups in total. The van der Waals surface area contributed by atoms with Gasteiger partial charge in [0.15, 0.2) is 5.96 Å². The smallest absolute Gasteiger partial charge is 0.193 e. The van der Waals surface area contributed by atoms with Crippen molar-refractivity contribution < 1.29 is 13.9 Å². The maximum atomic E-state index is 14.5. The van der Waals surface area contributed by atoms with Crippen LogP contribution in [0.1, 0.15) is 38.7 Å². The van der Waals surface area contributed by atoms with Gasteiger partial charge >= 0.3 is 0 Å². The average molecular weight is 536 g/mol. The van der Waals surface area contributed by atoms with Crippen LogP contribution in [0.4, 0.5) is 10.1 Å². The highest BCUT2D eigenvalue weighted by atomic mass is 127. The van der Waals surface area contributed by atoms with Crippen LogP contribution in [-0.2, 0) is 16.0 Å². The van der Waals surface area contributed by atoms with Crippen molar-refractivity contribution in [2.45, 2.75) is 45.8 Å². The van der Waals surface area contributed by atoms with E-state index in [4.69, 9.17) is 9.47 Å². The maximum absolute atomic E-state index is 14.5. The zero-order valence-electron chi connectivity index (χ0n) is 18.8. The number of hydrogen-bond acceptors (Lipinski definition) is 4. The van der Waals surface area contributed by atoms with Crippen LogP contribution in [0.15, 0.2) is 23.2 Å². The Morgan fingerprint density at radius 2 is 1.93 bits per heavy atom. The van der Waals surface area contributed by atoms with E-state index in [0.717, 1.165) is 70.2 Å². The summed E-state index contributed by atoms with van der Waals surface area (Å²) in [6.07, 6.45) is 3.22. The summed E-state index contributed by atoms with van der Waals surface area (Å²) >= 11 is 0. The number of nitrogens with zero attached hydrogens (tertiary/aromatic N) is 3. The Morgan fingerprint density at radius 3 is 2.50 bits per heavy atom. The molecule has 0 atom stereocenters. The Morgan fingerprint density at radius 1 is 1.23 bits per heavy atom. The Bertz CT molecular complexity index is 636. The molecular weight excluding hydrogens is 498 g/mol. The van der Waals surface area contributed by atoms with Gasteiger partial charge in [-0.25, -0.2) is 4.39 Å². The highest BCUT2D eigenvalue weighted by Crippen LogP contribution is 2.20. The number of anilines is 1. The molecule has 0 aromatic heterocycles. The van der Waals surface area contributed by atoms with Crippen molar-refractivity contribution in [1.82, 2.24) is 10.2 Å². The molecule has 1 saturated heterocycles. The van der Waals surface area contributed by atoms with Gasteiger partial charge in [0.1, 0.15) is 5.82 Å². The molecule has 0 amide bonds. The summed E-state index contributed by atoms with van der Waals surface area (Å²) in [5, 5.41) is 3.37. The van der Waals surface area contributed by atoms with Crippen molar-refractivity contribution in [2.24, 2.45) is 4.99 Å². The lowest BCUT2D eigenvalue weighted by molar-refractivity contribution is 0.00989. The Hall–Kier alpha value is -1.13. The lowest BCUT2D eigenvalue weighted by Crippen LogP contribution is -2.46. The van der Waals surface area contributed by atoms with Crippen LogP contribution in [0.2, 0.25) is 0 Å².